The van der Waals surface area contributed by atoms with E-state index in [0.717, 1.165) is 0 Å². The maximum atomic E-state index is 11.7. The normalized spacial score (nSPS) is 26.6. The molecule has 2 heterocycles. The van der Waals surface area contributed by atoms with Gasteiger partial charge in [-0.3, -0.25) is 14.3 Å². The Morgan fingerprint density at radius 1 is 1.58 bits per heavy atom. The Morgan fingerprint density at radius 3 is 2.89 bits per heavy atom. The zero-order valence-electron chi connectivity index (χ0n) is 10.5. The van der Waals surface area contributed by atoms with Crippen LogP contribution in [0.4, 0.5) is 5.69 Å². The zero-order valence-corrected chi connectivity index (χ0v) is 10.5. The van der Waals surface area contributed by atoms with Gasteiger partial charge in [-0.25, -0.2) is 4.79 Å². The van der Waals surface area contributed by atoms with Crippen molar-refractivity contribution in [3.05, 3.63) is 27.0 Å². The minimum absolute atomic E-state index is 0.183. The van der Waals surface area contributed by atoms with E-state index in [-0.39, 0.29) is 18.7 Å². The second kappa shape index (κ2) is 5.55. The second-order valence-corrected chi connectivity index (χ2v) is 4.35. The monoisotopic (exact) mass is 271 g/mol. The van der Waals surface area contributed by atoms with Gasteiger partial charge in [0.05, 0.1) is 12.7 Å². The molecule has 0 radical (unpaired) electrons. The number of nitrogens with zero attached hydrogens (tertiary/aromatic N) is 1. The fraction of sp³-hybridized carbons (Fsp3) is 0.636. The smallest absolute Gasteiger partial charge is 0.330 e. The molecule has 2 rings (SSSR count). The van der Waals surface area contributed by atoms with E-state index in [2.05, 4.69) is 10.3 Å². The van der Waals surface area contributed by atoms with Crippen LogP contribution >= 0.6 is 0 Å². The number of hydrogen-bond donors (Lipinski definition) is 4. The highest BCUT2D eigenvalue weighted by atomic mass is 16.5. The lowest BCUT2D eigenvalue weighted by Crippen LogP contribution is -2.33. The molecular weight excluding hydrogens is 254 g/mol. The van der Waals surface area contributed by atoms with E-state index in [9.17, 15) is 14.7 Å². The van der Waals surface area contributed by atoms with Gasteiger partial charge in [-0.2, -0.15) is 0 Å². The second-order valence-electron chi connectivity index (χ2n) is 4.35. The molecule has 1 aromatic rings. The van der Waals surface area contributed by atoms with Crippen molar-refractivity contribution in [3.8, 4) is 0 Å². The van der Waals surface area contributed by atoms with Gasteiger partial charge >= 0.3 is 5.69 Å². The first-order chi connectivity index (χ1) is 9.06. The molecule has 1 aromatic heterocycles. The van der Waals surface area contributed by atoms with Crippen molar-refractivity contribution in [1.29, 1.82) is 0 Å². The molecule has 0 spiro atoms. The lowest BCUT2D eigenvalue weighted by atomic mass is 10.2. The van der Waals surface area contributed by atoms with Crippen molar-refractivity contribution < 1.29 is 14.9 Å². The lowest BCUT2D eigenvalue weighted by molar-refractivity contribution is -0.0458. The van der Waals surface area contributed by atoms with Gasteiger partial charge in [0.25, 0.3) is 5.56 Å². The quantitative estimate of drug-likeness (QED) is 0.535. The standard InChI is InChI=1S/C11H17N3O5/c1-2-12-6-4-14(11(18)13-10(6)17)9-3-7(16)8(5-15)19-9/h4,7-9,12,15-16H,2-3,5H2,1H3,(H,13,17,18)/t7-,8+,9-/m1/s1. The Kier molecular flexibility index (Phi) is 4.03. The summed E-state index contributed by atoms with van der Waals surface area (Å²) in [5.41, 5.74) is -0.851. The van der Waals surface area contributed by atoms with Crippen LogP contribution < -0.4 is 16.6 Å². The van der Waals surface area contributed by atoms with Gasteiger partial charge in [0.1, 0.15) is 18.0 Å². The number of aliphatic hydroxyl groups is 2. The summed E-state index contributed by atoms with van der Waals surface area (Å²) < 4.78 is 6.58. The molecule has 1 saturated heterocycles. The van der Waals surface area contributed by atoms with Crippen molar-refractivity contribution in [2.45, 2.75) is 31.8 Å². The number of anilines is 1. The summed E-state index contributed by atoms with van der Waals surface area (Å²) in [4.78, 5) is 25.4. The van der Waals surface area contributed by atoms with Crippen LogP contribution in [0.2, 0.25) is 0 Å². The van der Waals surface area contributed by atoms with Crippen LogP contribution in [0.15, 0.2) is 15.8 Å². The molecule has 0 unspecified atom stereocenters. The van der Waals surface area contributed by atoms with Crippen LogP contribution in [-0.4, -0.2) is 45.1 Å². The highest BCUT2D eigenvalue weighted by molar-refractivity contribution is 5.37. The molecule has 3 atom stereocenters. The Bertz CT molecular complexity index is 552. The Balaban J connectivity index is 2.33. The van der Waals surface area contributed by atoms with E-state index < -0.39 is 29.7 Å². The van der Waals surface area contributed by atoms with Crippen molar-refractivity contribution in [2.24, 2.45) is 0 Å². The number of aliphatic hydroxyl groups excluding tert-OH is 2. The number of hydrogen-bond acceptors (Lipinski definition) is 6. The predicted molar refractivity (Wildman–Crippen MR) is 67.1 cm³/mol. The lowest BCUT2D eigenvalue weighted by Gasteiger charge is -2.15. The van der Waals surface area contributed by atoms with Gasteiger partial charge in [0, 0.05) is 19.2 Å². The van der Waals surface area contributed by atoms with Crippen molar-refractivity contribution in [3.63, 3.8) is 0 Å². The molecule has 1 aliphatic rings. The fourth-order valence-corrected chi connectivity index (χ4v) is 2.07. The molecule has 106 valence electrons. The van der Waals surface area contributed by atoms with Gasteiger partial charge < -0.3 is 20.3 Å². The van der Waals surface area contributed by atoms with Crippen LogP contribution in [-0.2, 0) is 4.74 Å². The Hall–Kier alpha value is -1.64. The Morgan fingerprint density at radius 2 is 2.32 bits per heavy atom. The van der Waals surface area contributed by atoms with Crippen LogP contribution in [0.3, 0.4) is 0 Å². The zero-order chi connectivity index (χ0) is 14.0. The maximum Gasteiger partial charge on any atom is 0.330 e. The molecular formula is C11H17N3O5. The van der Waals surface area contributed by atoms with Crippen molar-refractivity contribution >= 4 is 5.69 Å². The largest absolute Gasteiger partial charge is 0.394 e. The molecule has 0 aromatic carbocycles. The summed E-state index contributed by atoms with van der Waals surface area (Å²) in [5, 5.41) is 21.5. The summed E-state index contributed by atoms with van der Waals surface area (Å²) in [6, 6.07) is 0. The topological polar surface area (TPSA) is 117 Å². The molecule has 0 aliphatic carbocycles. The summed E-state index contributed by atoms with van der Waals surface area (Å²) in [5.74, 6) is 0. The number of ether oxygens (including phenoxy) is 1. The third-order valence-electron chi connectivity index (χ3n) is 3.03. The third-order valence-corrected chi connectivity index (χ3v) is 3.03. The van der Waals surface area contributed by atoms with E-state index >= 15 is 0 Å². The summed E-state index contributed by atoms with van der Waals surface area (Å²) in [7, 11) is 0. The highest BCUT2D eigenvalue weighted by Gasteiger charge is 2.35. The van der Waals surface area contributed by atoms with E-state index in [1.165, 1.54) is 10.8 Å². The molecule has 1 fully saturated rings. The molecule has 0 saturated carbocycles. The van der Waals surface area contributed by atoms with Crippen molar-refractivity contribution in [1.82, 2.24) is 9.55 Å². The molecule has 1 aliphatic heterocycles. The number of aromatic amines is 1. The summed E-state index contributed by atoms with van der Waals surface area (Å²) >= 11 is 0. The molecule has 19 heavy (non-hydrogen) atoms. The number of rotatable bonds is 4. The average molecular weight is 271 g/mol. The molecule has 0 bridgehead atoms. The van der Waals surface area contributed by atoms with E-state index in [1.807, 2.05) is 6.92 Å². The van der Waals surface area contributed by atoms with Crippen LogP contribution in [0, 0.1) is 0 Å². The van der Waals surface area contributed by atoms with Gasteiger partial charge in [-0.1, -0.05) is 0 Å². The minimum Gasteiger partial charge on any atom is -0.394 e. The molecule has 4 N–H and O–H groups in total. The average Bonchev–Trinajstić information content (AvgIpc) is 2.74. The van der Waals surface area contributed by atoms with Gasteiger partial charge in [0.15, 0.2) is 0 Å². The maximum absolute atomic E-state index is 11.7. The molecule has 8 nitrogen and oxygen atoms in total. The highest BCUT2D eigenvalue weighted by Crippen LogP contribution is 2.27. The number of aromatic nitrogens is 2. The summed E-state index contributed by atoms with van der Waals surface area (Å²) in [6.45, 7) is 2.04. The molecule has 8 heteroatoms. The summed E-state index contributed by atoms with van der Waals surface area (Å²) in [6.07, 6.45) is -0.707. The van der Waals surface area contributed by atoms with Crippen molar-refractivity contribution in [2.75, 3.05) is 18.5 Å². The van der Waals surface area contributed by atoms with Gasteiger partial charge in [-0.15, -0.1) is 0 Å². The molecule has 0 amide bonds. The first-order valence-electron chi connectivity index (χ1n) is 6.10. The first-order valence-corrected chi connectivity index (χ1v) is 6.10. The van der Waals surface area contributed by atoms with Gasteiger partial charge in [0.2, 0.25) is 0 Å². The third kappa shape index (κ3) is 2.70. The number of H-pyrrole nitrogens is 1. The minimum atomic E-state index is -0.837. The van der Waals surface area contributed by atoms with E-state index in [1.54, 1.807) is 0 Å². The van der Waals surface area contributed by atoms with Crippen LogP contribution in [0.1, 0.15) is 19.6 Å². The predicted octanol–water partition coefficient (Wildman–Crippen LogP) is -1.39. The van der Waals surface area contributed by atoms with E-state index in [0.29, 0.717) is 6.54 Å². The van der Waals surface area contributed by atoms with Crippen LogP contribution in [0.25, 0.3) is 0 Å². The van der Waals surface area contributed by atoms with Gasteiger partial charge in [-0.05, 0) is 6.92 Å². The fourth-order valence-electron chi connectivity index (χ4n) is 2.07. The Labute approximate surface area is 108 Å². The number of nitrogens with one attached hydrogen (secondary N) is 2. The van der Waals surface area contributed by atoms with Crippen LogP contribution in [0.5, 0.6) is 0 Å². The SMILES string of the molecule is CCNc1cn([C@H]2C[C@@H](O)[C@H](CO)O2)c(=O)[nH]c1=O. The van der Waals surface area contributed by atoms with E-state index in [4.69, 9.17) is 9.84 Å². The first kappa shape index (κ1) is 13.8.